The lowest BCUT2D eigenvalue weighted by atomic mass is 10.0. The van der Waals surface area contributed by atoms with Gasteiger partial charge >= 0.3 is 0 Å². The first-order chi connectivity index (χ1) is 8.93. The van der Waals surface area contributed by atoms with E-state index >= 15 is 0 Å². The summed E-state index contributed by atoms with van der Waals surface area (Å²) in [6.45, 7) is 1.74. The van der Waals surface area contributed by atoms with E-state index in [1.807, 2.05) is 0 Å². The summed E-state index contributed by atoms with van der Waals surface area (Å²) in [6.07, 6.45) is 2.14. The minimum absolute atomic E-state index is 0.0297. The molecule has 1 aromatic carbocycles. The highest BCUT2D eigenvalue weighted by Gasteiger charge is 2.35. The minimum Gasteiger partial charge on any atom is -0.298 e. The number of halogens is 1. The molecule has 6 heteroatoms. The van der Waals surface area contributed by atoms with Crippen LogP contribution in [0, 0.1) is 5.82 Å². The highest BCUT2D eigenvalue weighted by Crippen LogP contribution is 2.25. The molecule has 1 aromatic rings. The molecule has 1 saturated heterocycles. The summed E-state index contributed by atoms with van der Waals surface area (Å²) in [5.41, 5.74) is 0. The van der Waals surface area contributed by atoms with Crippen LogP contribution in [0.3, 0.4) is 0 Å². The first-order valence-corrected chi connectivity index (χ1v) is 7.65. The highest BCUT2D eigenvalue weighted by atomic mass is 32.2. The number of carbonyl (C=O) groups excluding carboxylic acids is 1. The summed E-state index contributed by atoms with van der Waals surface area (Å²) < 4.78 is 39.0. The maximum atomic E-state index is 12.9. The number of carbonyl (C=O) groups is 1. The van der Waals surface area contributed by atoms with Gasteiger partial charge in [0.2, 0.25) is 10.0 Å². The molecule has 0 amide bonds. The van der Waals surface area contributed by atoms with Crippen molar-refractivity contribution in [2.24, 2.45) is 0 Å². The van der Waals surface area contributed by atoms with Crippen LogP contribution in [0.25, 0.3) is 0 Å². The Bertz CT molecular complexity index is 568. The lowest BCUT2D eigenvalue weighted by Gasteiger charge is -2.33. The lowest BCUT2D eigenvalue weighted by molar-refractivity contribution is -0.121. The molecule has 0 bridgehead atoms. The number of rotatable bonds is 3. The first kappa shape index (κ1) is 14.1. The molecule has 0 spiro atoms. The van der Waals surface area contributed by atoms with E-state index in [1.54, 1.807) is 0 Å². The van der Waals surface area contributed by atoms with Gasteiger partial charge in [0.25, 0.3) is 0 Å². The van der Waals surface area contributed by atoms with Crippen molar-refractivity contribution in [3.05, 3.63) is 30.1 Å². The summed E-state index contributed by atoms with van der Waals surface area (Å²) in [5.74, 6) is -0.633. The van der Waals surface area contributed by atoms with E-state index in [0.29, 0.717) is 13.0 Å². The largest absolute Gasteiger partial charge is 0.298 e. The molecule has 19 heavy (non-hydrogen) atoms. The highest BCUT2D eigenvalue weighted by molar-refractivity contribution is 7.89. The van der Waals surface area contributed by atoms with Crippen molar-refractivity contribution in [3.8, 4) is 0 Å². The number of hydrogen-bond donors (Lipinski definition) is 0. The van der Waals surface area contributed by atoms with Gasteiger partial charge in [-0.05, 0) is 44.0 Å². The van der Waals surface area contributed by atoms with E-state index in [1.165, 1.54) is 23.4 Å². The standard InChI is InChI=1S/C13H16FNO3S/c1-10(16)13-4-2-3-9-15(13)19(17,18)12-7-5-11(14)6-8-12/h5-8,13H,2-4,9H2,1H3. The van der Waals surface area contributed by atoms with E-state index in [4.69, 9.17) is 0 Å². The van der Waals surface area contributed by atoms with Crippen LogP contribution in [-0.2, 0) is 14.8 Å². The van der Waals surface area contributed by atoms with Crippen molar-refractivity contribution in [1.29, 1.82) is 0 Å². The summed E-state index contributed by atoms with van der Waals surface area (Å²) in [7, 11) is -3.73. The molecule has 104 valence electrons. The maximum absolute atomic E-state index is 12.9. The quantitative estimate of drug-likeness (QED) is 0.853. The van der Waals surface area contributed by atoms with Crippen LogP contribution < -0.4 is 0 Å². The fourth-order valence-electron chi connectivity index (χ4n) is 2.34. The van der Waals surface area contributed by atoms with Crippen LogP contribution in [0.1, 0.15) is 26.2 Å². The van der Waals surface area contributed by atoms with Gasteiger partial charge in [-0.2, -0.15) is 4.31 Å². The summed E-state index contributed by atoms with van der Waals surface area (Å²) >= 11 is 0. The van der Waals surface area contributed by atoms with E-state index < -0.39 is 21.9 Å². The SMILES string of the molecule is CC(=O)C1CCCCN1S(=O)(=O)c1ccc(F)cc1. The average molecular weight is 285 g/mol. The Labute approximate surface area is 112 Å². The third kappa shape index (κ3) is 2.84. The van der Waals surface area contributed by atoms with Crippen LogP contribution in [0.4, 0.5) is 4.39 Å². The summed E-state index contributed by atoms with van der Waals surface area (Å²) in [6, 6.07) is 4.09. The van der Waals surface area contributed by atoms with Crippen molar-refractivity contribution in [2.75, 3.05) is 6.54 Å². The van der Waals surface area contributed by atoms with E-state index in [0.717, 1.165) is 25.0 Å². The van der Waals surface area contributed by atoms with Gasteiger partial charge in [0, 0.05) is 6.54 Å². The monoisotopic (exact) mass is 285 g/mol. The topological polar surface area (TPSA) is 54.5 Å². The Morgan fingerprint density at radius 1 is 1.26 bits per heavy atom. The van der Waals surface area contributed by atoms with E-state index in [-0.39, 0.29) is 10.7 Å². The molecule has 1 unspecified atom stereocenters. The third-order valence-electron chi connectivity index (χ3n) is 3.34. The fraction of sp³-hybridized carbons (Fsp3) is 0.462. The molecule has 0 aromatic heterocycles. The predicted molar refractivity (Wildman–Crippen MR) is 68.6 cm³/mol. The van der Waals surface area contributed by atoms with E-state index in [9.17, 15) is 17.6 Å². The van der Waals surface area contributed by atoms with Crippen LogP contribution in [0.2, 0.25) is 0 Å². The Morgan fingerprint density at radius 3 is 2.47 bits per heavy atom. The molecule has 4 nitrogen and oxygen atoms in total. The molecular formula is C13H16FNO3S. The molecule has 1 fully saturated rings. The van der Waals surface area contributed by atoms with Crippen molar-refractivity contribution < 1.29 is 17.6 Å². The van der Waals surface area contributed by atoms with Crippen LogP contribution in [-0.4, -0.2) is 31.1 Å². The van der Waals surface area contributed by atoms with Gasteiger partial charge in [-0.1, -0.05) is 6.42 Å². The average Bonchev–Trinajstić information content (AvgIpc) is 2.39. The molecule has 1 aliphatic heterocycles. The Hall–Kier alpha value is -1.27. The number of nitrogens with zero attached hydrogens (tertiary/aromatic N) is 1. The van der Waals surface area contributed by atoms with Gasteiger partial charge in [-0.15, -0.1) is 0 Å². The third-order valence-corrected chi connectivity index (χ3v) is 5.27. The van der Waals surface area contributed by atoms with Crippen LogP contribution >= 0.6 is 0 Å². The molecular weight excluding hydrogens is 269 g/mol. The normalized spacial score (nSPS) is 21.3. The van der Waals surface area contributed by atoms with Gasteiger partial charge in [0.05, 0.1) is 10.9 Å². The Kier molecular flexibility index (Phi) is 4.01. The second-order valence-electron chi connectivity index (χ2n) is 4.69. The number of hydrogen-bond acceptors (Lipinski definition) is 3. The second kappa shape index (κ2) is 5.38. The van der Waals surface area contributed by atoms with Gasteiger partial charge in [0.15, 0.2) is 0 Å². The Balaban J connectivity index is 2.37. The van der Waals surface area contributed by atoms with Crippen molar-refractivity contribution in [2.45, 2.75) is 37.1 Å². The molecule has 1 heterocycles. The zero-order valence-corrected chi connectivity index (χ0v) is 11.5. The number of ketones is 1. The molecule has 0 radical (unpaired) electrons. The van der Waals surface area contributed by atoms with E-state index in [2.05, 4.69) is 0 Å². The smallest absolute Gasteiger partial charge is 0.243 e. The van der Waals surface area contributed by atoms with Gasteiger partial charge in [-0.25, -0.2) is 12.8 Å². The number of Topliss-reactive ketones (excluding diaryl/α,β-unsaturated/α-hetero) is 1. The lowest BCUT2D eigenvalue weighted by Crippen LogP contribution is -2.47. The Morgan fingerprint density at radius 2 is 1.89 bits per heavy atom. The fourth-order valence-corrected chi connectivity index (χ4v) is 4.05. The molecule has 2 rings (SSSR count). The number of benzene rings is 1. The van der Waals surface area contributed by atoms with Gasteiger partial charge in [-0.3, -0.25) is 4.79 Å². The molecule has 0 N–H and O–H groups in total. The molecule has 0 saturated carbocycles. The van der Waals surface area contributed by atoms with Gasteiger partial charge < -0.3 is 0 Å². The van der Waals surface area contributed by atoms with Crippen molar-refractivity contribution in [1.82, 2.24) is 4.31 Å². The predicted octanol–water partition coefficient (Wildman–Crippen LogP) is 1.96. The summed E-state index contributed by atoms with van der Waals surface area (Å²) in [4.78, 5) is 11.6. The van der Waals surface area contributed by atoms with Crippen LogP contribution in [0.15, 0.2) is 29.2 Å². The first-order valence-electron chi connectivity index (χ1n) is 6.21. The van der Waals surface area contributed by atoms with Crippen molar-refractivity contribution >= 4 is 15.8 Å². The number of sulfonamides is 1. The summed E-state index contributed by atoms with van der Waals surface area (Å²) in [5, 5.41) is 0. The van der Waals surface area contributed by atoms with Crippen LogP contribution in [0.5, 0.6) is 0 Å². The molecule has 1 aliphatic rings. The zero-order chi connectivity index (χ0) is 14.0. The van der Waals surface area contributed by atoms with Gasteiger partial charge in [0.1, 0.15) is 11.6 Å². The molecule has 0 aliphatic carbocycles. The molecule has 1 atom stereocenters. The number of piperidine rings is 1. The minimum atomic E-state index is -3.73. The van der Waals surface area contributed by atoms with Crippen molar-refractivity contribution in [3.63, 3.8) is 0 Å². The zero-order valence-electron chi connectivity index (χ0n) is 10.7. The maximum Gasteiger partial charge on any atom is 0.243 e. The second-order valence-corrected chi connectivity index (χ2v) is 6.58.